The van der Waals surface area contributed by atoms with Gasteiger partial charge in [-0.2, -0.15) is 0 Å². The van der Waals surface area contributed by atoms with Crippen LogP contribution in [0.1, 0.15) is 78.7 Å². The zero-order valence-corrected chi connectivity index (χ0v) is 85.5. The molecule has 4 aromatic heterocycles. The summed E-state index contributed by atoms with van der Waals surface area (Å²) in [4.78, 5) is 62.7. The van der Waals surface area contributed by atoms with Gasteiger partial charge in [-0.05, 0) is 206 Å². The van der Waals surface area contributed by atoms with Crippen LogP contribution in [0.15, 0.2) is 158 Å². The Morgan fingerprint density at radius 3 is 1.20 bits per heavy atom. The number of carbonyl (C=O) groups is 4. The maximum Gasteiger partial charge on any atom is 0.315 e. The second kappa shape index (κ2) is 62.9. The Balaban J connectivity index is 0.000000701. The van der Waals surface area contributed by atoms with E-state index in [1.165, 1.54) is 18.1 Å². The highest BCUT2D eigenvalue weighted by molar-refractivity contribution is 7.90. The van der Waals surface area contributed by atoms with Gasteiger partial charge in [0.2, 0.25) is 11.8 Å². The quantitative estimate of drug-likeness (QED) is 0.0117. The molecule has 0 spiro atoms. The molecule has 5 heterocycles. The Morgan fingerprint density at radius 2 is 0.783 bits per heavy atom. The molecule has 2 atom stereocenters. The highest BCUT2D eigenvalue weighted by atomic mass is 32.2. The SMILES string of the molecule is CO[Si](C)(C)CCCNC(=O)Cc1ccccc1.CO[Si](C)(C)CCCNC(=O)Cc1ccncc1.CO[Si](C)(C)CCCOCC1CO1.CO[Si](C)(C)CCCS(=O)(=O)Cc1ccccn1.CO[Si](C)(C)CCCS(=O)Cc1ccccn1.C[Si](C)(C)CCCNC(=O)NCc1ccccc1.C[Si](C)(C)CCCNC(=O)NCc1ccccn1. The molecule has 676 valence electrons. The molecule has 2 aromatic carbocycles. The summed E-state index contributed by atoms with van der Waals surface area (Å²) in [6.07, 6.45) is 16.7. The number of ether oxygens (including phenoxy) is 2. The van der Waals surface area contributed by atoms with Crippen LogP contribution in [0.3, 0.4) is 0 Å². The minimum Gasteiger partial charge on any atom is -0.420 e. The number of sulfone groups is 1. The van der Waals surface area contributed by atoms with Crippen LogP contribution in [0.4, 0.5) is 9.59 Å². The average Bonchev–Trinajstić information content (AvgIpc) is 1.70. The molecule has 120 heavy (non-hydrogen) atoms. The summed E-state index contributed by atoms with van der Waals surface area (Å²) in [7, 11) is -4.42. The number of pyridine rings is 4. The van der Waals surface area contributed by atoms with Crippen LogP contribution in [-0.2, 0) is 99.3 Å². The lowest BCUT2D eigenvalue weighted by atomic mass is 10.1. The first-order chi connectivity index (χ1) is 56.5. The predicted molar refractivity (Wildman–Crippen MR) is 514 cm³/mol. The van der Waals surface area contributed by atoms with Gasteiger partial charge in [0, 0.05) is 139 Å². The van der Waals surface area contributed by atoms with Crippen molar-refractivity contribution in [1.82, 2.24) is 51.8 Å². The molecule has 6 amide bonds. The third-order valence-electron chi connectivity index (χ3n) is 19.2. The summed E-state index contributed by atoms with van der Waals surface area (Å²) in [6, 6.07) is 47.8. The number of benzene rings is 2. The molecule has 0 radical (unpaired) electrons. The van der Waals surface area contributed by atoms with Crippen molar-refractivity contribution >= 4 is 102 Å². The van der Waals surface area contributed by atoms with E-state index in [2.05, 4.69) is 157 Å². The van der Waals surface area contributed by atoms with Crippen molar-refractivity contribution in [3.8, 4) is 0 Å². The average molecular weight is 1820 g/mol. The highest BCUT2D eigenvalue weighted by Crippen LogP contribution is 2.19. The molecule has 6 aromatic rings. The number of carbonyl (C=O) groups excluding carboxylic acids is 4. The molecule has 2 unspecified atom stereocenters. The van der Waals surface area contributed by atoms with Crippen LogP contribution in [0.25, 0.3) is 0 Å². The molecule has 1 fully saturated rings. The summed E-state index contributed by atoms with van der Waals surface area (Å²) in [5, 5.41) is 17.3. The van der Waals surface area contributed by atoms with Crippen molar-refractivity contribution in [3.05, 3.63) is 192 Å². The van der Waals surface area contributed by atoms with Gasteiger partial charge in [-0.25, -0.2) is 18.0 Å². The summed E-state index contributed by atoms with van der Waals surface area (Å²) >= 11 is 0. The predicted octanol–water partition coefficient (Wildman–Crippen LogP) is 16.8. The second-order valence-electron chi connectivity index (χ2n) is 35.1. The van der Waals surface area contributed by atoms with Gasteiger partial charge in [-0.1, -0.05) is 130 Å². The maximum absolute atomic E-state index is 11.9. The van der Waals surface area contributed by atoms with E-state index in [9.17, 15) is 31.8 Å². The van der Waals surface area contributed by atoms with Gasteiger partial charge >= 0.3 is 12.1 Å². The van der Waals surface area contributed by atoms with Gasteiger partial charge in [0.1, 0.15) is 6.10 Å². The fourth-order valence-electron chi connectivity index (χ4n) is 10.7. The monoisotopic (exact) mass is 1820 g/mol. The summed E-state index contributed by atoms with van der Waals surface area (Å²) < 4.78 is 73.4. The summed E-state index contributed by atoms with van der Waals surface area (Å²) in [5.41, 5.74) is 5.56. The van der Waals surface area contributed by atoms with E-state index < -0.39 is 78.4 Å². The van der Waals surface area contributed by atoms with E-state index in [1.54, 1.807) is 77.6 Å². The molecule has 0 aliphatic carbocycles. The molecule has 33 heteroatoms. The first kappa shape index (κ1) is 112. The van der Waals surface area contributed by atoms with E-state index in [4.69, 9.17) is 31.6 Å². The van der Waals surface area contributed by atoms with Crippen molar-refractivity contribution in [3.63, 3.8) is 0 Å². The van der Waals surface area contributed by atoms with Crippen LogP contribution < -0.4 is 31.9 Å². The van der Waals surface area contributed by atoms with Crippen LogP contribution in [-0.4, -0.2) is 213 Å². The van der Waals surface area contributed by atoms with E-state index in [0.717, 1.165) is 143 Å². The lowest BCUT2D eigenvalue weighted by Crippen LogP contribution is -2.36. The third kappa shape index (κ3) is 67.4. The van der Waals surface area contributed by atoms with Crippen molar-refractivity contribution in [2.24, 2.45) is 0 Å². The van der Waals surface area contributed by atoms with Crippen molar-refractivity contribution in [1.29, 1.82) is 0 Å². The van der Waals surface area contributed by atoms with Gasteiger partial charge in [0.15, 0.2) is 51.4 Å². The molecule has 7 rings (SSSR count). The number of nitrogens with zero attached hydrogens (tertiary/aromatic N) is 4. The van der Waals surface area contributed by atoms with Crippen molar-refractivity contribution < 1.29 is 63.4 Å². The van der Waals surface area contributed by atoms with E-state index in [-0.39, 0.29) is 35.4 Å². The Labute approximate surface area is 733 Å². The fraction of sp³-hybridized carbons (Fsp3) is 0.586. The smallest absolute Gasteiger partial charge is 0.315 e. The Morgan fingerprint density at radius 1 is 0.417 bits per heavy atom. The van der Waals surface area contributed by atoms with Gasteiger partial charge < -0.3 is 63.5 Å². The molecule has 0 bridgehead atoms. The molecule has 1 saturated heterocycles. The molecule has 6 N–H and O–H groups in total. The zero-order valence-electron chi connectivity index (χ0n) is 76.9. The van der Waals surface area contributed by atoms with Gasteiger partial charge in [0.25, 0.3) is 0 Å². The maximum atomic E-state index is 11.9. The first-order valence-electron chi connectivity index (χ1n) is 42.3. The minimum atomic E-state index is -3.06. The van der Waals surface area contributed by atoms with Crippen LogP contribution in [0.2, 0.25) is 147 Å². The molecule has 1 aliphatic heterocycles. The third-order valence-corrected chi connectivity index (χ3v) is 39.2. The largest absolute Gasteiger partial charge is 0.420 e. The highest BCUT2D eigenvalue weighted by Gasteiger charge is 2.26. The number of hydrogen-bond donors (Lipinski definition) is 6. The van der Waals surface area contributed by atoms with Gasteiger partial charge in [-0.15, -0.1) is 0 Å². The number of aromatic nitrogens is 4. The Hall–Kier alpha value is -6.14. The van der Waals surface area contributed by atoms with E-state index in [0.29, 0.717) is 49.9 Å². The van der Waals surface area contributed by atoms with E-state index >= 15 is 0 Å². The summed E-state index contributed by atoms with van der Waals surface area (Å²) in [5.74, 6) is 1.72. The lowest BCUT2D eigenvalue weighted by molar-refractivity contribution is -0.121. The molecular formula is C87H154N10O14S2Si7. The van der Waals surface area contributed by atoms with Crippen molar-refractivity contribution in [2.45, 2.75) is 236 Å². The Kier molecular flexibility index (Phi) is 58.6. The number of hydrogen-bond acceptors (Lipinski definition) is 18. The Bertz CT molecular complexity index is 3630. The number of rotatable bonds is 47. The van der Waals surface area contributed by atoms with Gasteiger partial charge in [-0.3, -0.25) is 33.7 Å². The molecule has 0 saturated carbocycles. The minimum absolute atomic E-state index is 0.0306. The molecular weight excluding hydrogens is 1670 g/mol. The number of amides is 6. The lowest BCUT2D eigenvalue weighted by Gasteiger charge is -2.19. The number of epoxide rings is 1. The van der Waals surface area contributed by atoms with Crippen LogP contribution in [0.5, 0.6) is 0 Å². The van der Waals surface area contributed by atoms with E-state index in [1.807, 2.05) is 116 Å². The van der Waals surface area contributed by atoms with Crippen LogP contribution in [0, 0.1) is 0 Å². The summed E-state index contributed by atoms with van der Waals surface area (Å²) in [6.45, 7) is 42.4. The van der Waals surface area contributed by atoms with Crippen molar-refractivity contribution in [2.75, 3.05) is 93.1 Å². The number of nitrogens with one attached hydrogen (secondary N) is 6. The molecule has 1 aliphatic rings. The fourth-order valence-corrected chi connectivity index (χ4v) is 22.2. The molecule has 24 nitrogen and oxygen atoms in total. The van der Waals surface area contributed by atoms with Crippen LogP contribution >= 0.6 is 0 Å². The topological polar surface area (TPSA) is 311 Å². The normalized spacial score (nSPS) is 12.9. The standard InChI is InChI=1S/C14H24N2OSi.C14H23NO2Si.C13H23N3OSi.C13H22N2O2Si.C12H21NO3SSi.C12H21NO2SSi.C9H20O3Si/c1-18(2,3)11-7-10-15-14(17)16-12-13-8-5-4-6-9-13;1-17-18(2,3)11-7-10-15-14(16)12-13-8-5-4-6-9-13;1-18(2,3)10-6-9-15-13(17)16-11-12-7-4-5-8-14-12;1-17-18(2,3)10-4-7-15-13(16)11-12-5-8-14-9-6-12;1-16-18(2,3)10-6-9-17(14,15)11-12-7-4-5-8-13-12;1-15-17(2,3)10-6-9-16(14)11-12-7-4-5-8-13-12;1-10-13(2,3)6-4-5-11-7-9-8-12-9/h4-6,8-9H,7,10-12H2,1-3H3,(H2,15,16,17);4-6,8-9H,7,10-12H2,1-3H3,(H,15,16);4-5,7-8H,6,9-11H2,1-3H3,(H2,15,16,17);5-6,8-9H,4,7,10-11H2,1-3H3,(H,15,16);4-5,7-8H,6,9-11H2,1-3H3;4-5,7-8H,6,9-11H2,1-3H3;9H,4-8H2,1-3H3. The second-order valence-corrected chi connectivity index (χ2v) is 72.3. The number of urea groups is 2. The van der Waals surface area contributed by atoms with Gasteiger partial charge in [0.05, 0.1) is 66.9 Å². The zero-order chi connectivity index (χ0) is 89.8. The first-order valence-corrected chi connectivity index (χ1v) is 68.6.